The second-order valence-electron chi connectivity index (χ2n) is 9.51. The molecule has 5 unspecified atom stereocenters. The third kappa shape index (κ3) is 3.49. The van der Waals surface area contributed by atoms with Gasteiger partial charge < -0.3 is 10.1 Å². The molecule has 3 heterocycles. The van der Waals surface area contributed by atoms with E-state index in [2.05, 4.69) is 17.2 Å². The fourth-order valence-corrected chi connectivity index (χ4v) is 6.97. The maximum Gasteiger partial charge on any atom is 0.349 e. The lowest BCUT2D eigenvalue weighted by Gasteiger charge is -2.29. The van der Waals surface area contributed by atoms with Crippen molar-refractivity contribution in [2.75, 3.05) is 0 Å². The molecule has 2 aromatic rings. The minimum absolute atomic E-state index is 0.0849. The number of rotatable bonds is 5. The van der Waals surface area contributed by atoms with Crippen LogP contribution in [0.15, 0.2) is 4.79 Å². The average Bonchev–Trinajstić information content (AvgIpc) is 3.51. The van der Waals surface area contributed by atoms with E-state index in [-0.39, 0.29) is 17.5 Å². The van der Waals surface area contributed by atoms with Crippen molar-refractivity contribution >= 4 is 33.4 Å². The molecule has 8 heteroatoms. The van der Waals surface area contributed by atoms with Gasteiger partial charge in [-0.3, -0.25) is 14.2 Å². The summed E-state index contributed by atoms with van der Waals surface area (Å²) in [7, 11) is 0. The van der Waals surface area contributed by atoms with Gasteiger partial charge in [-0.1, -0.05) is 6.42 Å². The Kier molecular flexibility index (Phi) is 5.15. The first kappa shape index (κ1) is 20.7. The van der Waals surface area contributed by atoms with Gasteiger partial charge in [0.2, 0.25) is 0 Å². The normalized spacial score (nSPS) is 26.1. The van der Waals surface area contributed by atoms with Gasteiger partial charge in [0.25, 0.3) is 11.5 Å². The van der Waals surface area contributed by atoms with Gasteiger partial charge in [-0.05, 0) is 69.8 Å². The maximum atomic E-state index is 12.8. The molecule has 2 bridgehead atoms. The Bertz CT molecular complexity index is 1120. The number of carbonyl (C=O) groups excluding carboxylic acids is 2. The standard InChI is InChI=1S/C23H29N3O4S/c1-11-18-21(25-17-5-4-8-26(17)22(18)28)31-19(11)23(29)30-13(3)20(27)24-12(2)16-10-14-6-7-15(16)9-14/h12-16H,4-10H2,1-3H3,(H,24,27). The molecule has 2 saturated carbocycles. The van der Waals surface area contributed by atoms with E-state index in [1.165, 1.54) is 37.0 Å². The van der Waals surface area contributed by atoms with E-state index in [0.717, 1.165) is 24.6 Å². The molecule has 1 aliphatic heterocycles. The molecular weight excluding hydrogens is 414 g/mol. The van der Waals surface area contributed by atoms with Crippen LogP contribution in [0.4, 0.5) is 0 Å². The molecule has 2 fully saturated rings. The van der Waals surface area contributed by atoms with Crippen LogP contribution in [0.25, 0.3) is 10.2 Å². The Labute approximate surface area is 185 Å². The van der Waals surface area contributed by atoms with Crippen LogP contribution in [0.3, 0.4) is 0 Å². The highest BCUT2D eigenvalue weighted by atomic mass is 32.1. The summed E-state index contributed by atoms with van der Waals surface area (Å²) < 4.78 is 7.20. The highest BCUT2D eigenvalue weighted by Gasteiger charge is 2.42. The van der Waals surface area contributed by atoms with Crippen LogP contribution >= 0.6 is 11.3 Å². The Hall–Kier alpha value is -2.22. The van der Waals surface area contributed by atoms with Gasteiger partial charge in [0.15, 0.2) is 6.10 Å². The van der Waals surface area contributed by atoms with Crippen LogP contribution in [0.1, 0.15) is 67.0 Å². The SMILES string of the molecule is Cc1c(C(=O)OC(C)C(=O)NC(C)C2CC3CCC2C3)sc2nc3n(c(=O)c12)CCC3. The molecule has 31 heavy (non-hydrogen) atoms. The summed E-state index contributed by atoms with van der Waals surface area (Å²) in [5.74, 6) is 2.00. The van der Waals surface area contributed by atoms with Crippen LogP contribution in [0.2, 0.25) is 0 Å². The predicted octanol–water partition coefficient (Wildman–Crippen LogP) is 3.20. The Morgan fingerprint density at radius 2 is 2.06 bits per heavy atom. The summed E-state index contributed by atoms with van der Waals surface area (Å²) in [6.07, 6.45) is 5.87. The van der Waals surface area contributed by atoms with Crippen LogP contribution in [0, 0.1) is 24.7 Å². The number of fused-ring (bicyclic) bond motifs is 4. The molecule has 2 aliphatic carbocycles. The molecule has 5 atom stereocenters. The molecule has 5 rings (SSSR count). The fourth-order valence-electron chi connectivity index (χ4n) is 5.89. The van der Waals surface area contributed by atoms with Crippen LogP contribution in [-0.4, -0.2) is 33.6 Å². The van der Waals surface area contributed by atoms with Crippen molar-refractivity contribution in [3.63, 3.8) is 0 Å². The van der Waals surface area contributed by atoms with Gasteiger partial charge in [-0.25, -0.2) is 9.78 Å². The van der Waals surface area contributed by atoms with Gasteiger partial charge in [0.1, 0.15) is 15.5 Å². The number of esters is 1. The summed E-state index contributed by atoms with van der Waals surface area (Å²) in [5.41, 5.74) is 0.503. The lowest BCUT2D eigenvalue weighted by atomic mass is 9.84. The highest BCUT2D eigenvalue weighted by molar-refractivity contribution is 7.20. The van der Waals surface area contributed by atoms with Gasteiger partial charge in [-0.2, -0.15) is 0 Å². The zero-order valence-corrected chi connectivity index (χ0v) is 19.1. The first-order valence-electron chi connectivity index (χ1n) is 11.4. The van der Waals surface area contributed by atoms with Crippen molar-refractivity contribution in [3.8, 4) is 0 Å². The largest absolute Gasteiger partial charge is 0.448 e. The molecule has 7 nitrogen and oxygen atoms in total. The van der Waals surface area contributed by atoms with E-state index < -0.39 is 12.1 Å². The Morgan fingerprint density at radius 1 is 1.26 bits per heavy atom. The number of aryl methyl sites for hydroxylation is 2. The summed E-state index contributed by atoms with van der Waals surface area (Å²) >= 11 is 1.18. The van der Waals surface area contributed by atoms with Crippen molar-refractivity contribution in [3.05, 3.63) is 26.6 Å². The lowest BCUT2D eigenvalue weighted by molar-refractivity contribution is -0.130. The monoisotopic (exact) mass is 443 g/mol. The molecular formula is C23H29N3O4S. The lowest BCUT2D eigenvalue weighted by Crippen LogP contribution is -2.45. The second kappa shape index (κ2) is 7.73. The summed E-state index contributed by atoms with van der Waals surface area (Å²) in [6.45, 7) is 6.09. The number of nitrogens with zero attached hydrogens (tertiary/aromatic N) is 2. The van der Waals surface area contributed by atoms with E-state index in [0.29, 0.717) is 39.0 Å². The fraction of sp³-hybridized carbons (Fsp3) is 0.652. The third-order valence-corrected chi connectivity index (χ3v) is 8.72. The Balaban J connectivity index is 1.28. The predicted molar refractivity (Wildman–Crippen MR) is 118 cm³/mol. The third-order valence-electron chi connectivity index (χ3n) is 7.55. The van der Waals surface area contributed by atoms with E-state index >= 15 is 0 Å². The smallest absolute Gasteiger partial charge is 0.349 e. The zero-order valence-electron chi connectivity index (χ0n) is 18.3. The van der Waals surface area contributed by atoms with Crippen LogP contribution < -0.4 is 10.9 Å². The minimum Gasteiger partial charge on any atom is -0.448 e. The number of thiophene rings is 1. The molecule has 3 aliphatic rings. The van der Waals surface area contributed by atoms with Crippen molar-refractivity contribution < 1.29 is 14.3 Å². The molecule has 0 saturated heterocycles. The molecule has 1 amide bonds. The first-order valence-corrected chi connectivity index (χ1v) is 12.2. The van der Waals surface area contributed by atoms with E-state index in [1.54, 1.807) is 18.4 Å². The highest BCUT2D eigenvalue weighted by Crippen LogP contribution is 2.49. The maximum absolute atomic E-state index is 12.8. The van der Waals surface area contributed by atoms with Crippen molar-refractivity contribution in [2.45, 2.75) is 78.0 Å². The summed E-state index contributed by atoms with van der Waals surface area (Å²) in [5, 5.41) is 3.56. The topological polar surface area (TPSA) is 90.3 Å². The second-order valence-corrected chi connectivity index (χ2v) is 10.5. The number of carbonyl (C=O) groups is 2. The zero-order chi connectivity index (χ0) is 21.9. The molecule has 166 valence electrons. The first-order chi connectivity index (χ1) is 14.8. The number of hydrogen-bond acceptors (Lipinski definition) is 6. The van der Waals surface area contributed by atoms with Gasteiger partial charge in [-0.15, -0.1) is 11.3 Å². The van der Waals surface area contributed by atoms with Crippen LogP contribution in [-0.2, 0) is 22.5 Å². The number of ether oxygens (including phenoxy) is 1. The number of nitrogens with one attached hydrogen (secondary N) is 1. The van der Waals surface area contributed by atoms with Gasteiger partial charge >= 0.3 is 5.97 Å². The van der Waals surface area contributed by atoms with E-state index in [1.807, 2.05) is 0 Å². The Morgan fingerprint density at radius 3 is 2.77 bits per heavy atom. The molecule has 0 spiro atoms. The number of aromatic nitrogens is 2. The molecule has 2 aromatic heterocycles. The van der Waals surface area contributed by atoms with E-state index in [4.69, 9.17) is 4.74 Å². The minimum atomic E-state index is -0.891. The summed E-state index contributed by atoms with van der Waals surface area (Å²) in [6, 6.07) is 0.0849. The van der Waals surface area contributed by atoms with Crippen molar-refractivity contribution in [2.24, 2.45) is 17.8 Å². The summed E-state index contributed by atoms with van der Waals surface area (Å²) in [4.78, 5) is 43.9. The molecule has 0 radical (unpaired) electrons. The van der Waals surface area contributed by atoms with Gasteiger partial charge in [0, 0.05) is 19.0 Å². The molecule has 1 N–H and O–H groups in total. The quantitative estimate of drug-likeness (QED) is 0.717. The number of amides is 1. The van der Waals surface area contributed by atoms with Crippen molar-refractivity contribution in [1.29, 1.82) is 0 Å². The average molecular weight is 444 g/mol. The number of hydrogen-bond donors (Lipinski definition) is 1. The molecule has 0 aromatic carbocycles. The van der Waals surface area contributed by atoms with Crippen LogP contribution in [0.5, 0.6) is 0 Å². The van der Waals surface area contributed by atoms with E-state index in [9.17, 15) is 14.4 Å². The van der Waals surface area contributed by atoms with Gasteiger partial charge in [0.05, 0.1) is 5.39 Å². The van der Waals surface area contributed by atoms with Crippen molar-refractivity contribution in [1.82, 2.24) is 14.9 Å².